The highest BCUT2D eigenvalue weighted by atomic mass is 16.4. The first-order valence-corrected chi connectivity index (χ1v) is 7.64. The van der Waals surface area contributed by atoms with E-state index in [1.165, 1.54) is 11.1 Å². The summed E-state index contributed by atoms with van der Waals surface area (Å²) in [5.74, 6) is -0.365. The molecule has 2 rings (SSSR count). The van der Waals surface area contributed by atoms with Crippen LogP contribution in [0.25, 0.3) is 0 Å². The first-order valence-electron chi connectivity index (χ1n) is 7.64. The van der Waals surface area contributed by atoms with Crippen molar-refractivity contribution in [2.45, 2.75) is 45.6 Å². The summed E-state index contributed by atoms with van der Waals surface area (Å²) in [6.07, 6.45) is 3.52. The Bertz CT molecular complexity index is 441. The highest BCUT2D eigenvalue weighted by molar-refractivity contribution is 5.67. The van der Waals surface area contributed by atoms with Crippen molar-refractivity contribution in [3.63, 3.8) is 0 Å². The molecule has 3 heteroatoms. The number of piperidine rings is 1. The second kappa shape index (κ2) is 6.89. The molecule has 2 atom stereocenters. The average molecular weight is 275 g/mol. The number of benzene rings is 1. The number of aryl methyl sites for hydroxylation is 1. The molecule has 2 unspecified atom stereocenters. The number of carboxylic acid groups (broad SMARTS) is 1. The topological polar surface area (TPSA) is 40.5 Å². The number of likely N-dealkylation sites (tertiary alicyclic amines) is 1. The van der Waals surface area contributed by atoms with Gasteiger partial charge < -0.3 is 5.11 Å². The standard InChI is InChI=1S/C17H25NO2/c1-3-14-6-8-16(9-7-14)13(2)18-10-4-5-15(12-18)11-17(19)20/h6-9,13,15H,3-5,10-12H2,1-2H3,(H,19,20). The van der Waals surface area contributed by atoms with Crippen LogP contribution >= 0.6 is 0 Å². The lowest BCUT2D eigenvalue weighted by molar-refractivity contribution is -0.138. The summed E-state index contributed by atoms with van der Waals surface area (Å²) in [6.45, 7) is 6.37. The van der Waals surface area contributed by atoms with Gasteiger partial charge in [-0.05, 0) is 49.8 Å². The van der Waals surface area contributed by atoms with Gasteiger partial charge in [0.15, 0.2) is 0 Å². The maximum atomic E-state index is 10.9. The van der Waals surface area contributed by atoms with Crippen LogP contribution in [0.15, 0.2) is 24.3 Å². The van der Waals surface area contributed by atoms with Crippen LogP contribution < -0.4 is 0 Å². The fourth-order valence-electron chi connectivity index (χ4n) is 3.11. The van der Waals surface area contributed by atoms with Crippen LogP contribution in [-0.2, 0) is 11.2 Å². The molecule has 0 spiro atoms. The Kier molecular flexibility index (Phi) is 5.18. The van der Waals surface area contributed by atoms with E-state index in [0.29, 0.717) is 18.4 Å². The van der Waals surface area contributed by atoms with E-state index in [1.807, 2.05) is 0 Å². The average Bonchev–Trinajstić information content (AvgIpc) is 2.46. The van der Waals surface area contributed by atoms with E-state index in [9.17, 15) is 4.79 Å². The van der Waals surface area contributed by atoms with E-state index in [1.54, 1.807) is 0 Å². The van der Waals surface area contributed by atoms with Crippen LogP contribution in [0.3, 0.4) is 0 Å². The van der Waals surface area contributed by atoms with Crippen molar-refractivity contribution in [1.82, 2.24) is 4.90 Å². The molecule has 3 nitrogen and oxygen atoms in total. The van der Waals surface area contributed by atoms with Crippen molar-refractivity contribution >= 4 is 5.97 Å². The van der Waals surface area contributed by atoms with Gasteiger partial charge >= 0.3 is 5.97 Å². The van der Waals surface area contributed by atoms with Gasteiger partial charge in [-0.15, -0.1) is 0 Å². The molecule has 0 bridgehead atoms. The third-order valence-electron chi connectivity index (χ3n) is 4.43. The van der Waals surface area contributed by atoms with Crippen molar-refractivity contribution in [1.29, 1.82) is 0 Å². The molecule has 0 saturated carbocycles. The molecule has 1 heterocycles. The number of carboxylic acids is 1. The number of hydrogen-bond acceptors (Lipinski definition) is 2. The lowest BCUT2D eigenvalue weighted by atomic mass is 9.92. The Morgan fingerprint density at radius 3 is 2.70 bits per heavy atom. The van der Waals surface area contributed by atoms with E-state index in [0.717, 1.165) is 32.4 Å². The Hall–Kier alpha value is -1.35. The second-order valence-corrected chi connectivity index (χ2v) is 5.87. The van der Waals surface area contributed by atoms with E-state index in [4.69, 9.17) is 5.11 Å². The maximum absolute atomic E-state index is 10.9. The molecular formula is C17H25NO2. The molecule has 1 fully saturated rings. The Morgan fingerprint density at radius 1 is 1.40 bits per heavy atom. The summed E-state index contributed by atoms with van der Waals surface area (Å²) < 4.78 is 0. The molecule has 1 aromatic rings. The minimum atomic E-state index is -0.670. The number of rotatable bonds is 5. The molecule has 0 aliphatic carbocycles. The molecular weight excluding hydrogens is 250 g/mol. The molecule has 1 aromatic carbocycles. The largest absolute Gasteiger partial charge is 0.481 e. The lowest BCUT2D eigenvalue weighted by Crippen LogP contribution is -2.37. The Balaban J connectivity index is 1.99. The normalized spacial score (nSPS) is 21.6. The van der Waals surface area contributed by atoms with Gasteiger partial charge in [0.1, 0.15) is 0 Å². The van der Waals surface area contributed by atoms with Gasteiger partial charge in [0.25, 0.3) is 0 Å². The third kappa shape index (κ3) is 3.83. The summed E-state index contributed by atoms with van der Waals surface area (Å²) >= 11 is 0. The number of hydrogen-bond donors (Lipinski definition) is 1. The summed E-state index contributed by atoms with van der Waals surface area (Å²) in [5, 5.41) is 8.95. The predicted octanol–water partition coefficient (Wildman–Crippen LogP) is 3.50. The third-order valence-corrected chi connectivity index (χ3v) is 4.43. The van der Waals surface area contributed by atoms with Gasteiger partial charge in [0, 0.05) is 19.0 Å². The van der Waals surface area contributed by atoms with Crippen LogP contribution in [0.2, 0.25) is 0 Å². The van der Waals surface area contributed by atoms with Gasteiger partial charge in [0.05, 0.1) is 0 Å². The first-order chi connectivity index (χ1) is 9.60. The van der Waals surface area contributed by atoms with Crippen molar-refractivity contribution in [3.05, 3.63) is 35.4 Å². The molecule has 20 heavy (non-hydrogen) atoms. The van der Waals surface area contributed by atoms with E-state index < -0.39 is 5.97 Å². The van der Waals surface area contributed by atoms with E-state index >= 15 is 0 Å². The first kappa shape index (κ1) is 15.0. The zero-order valence-corrected chi connectivity index (χ0v) is 12.5. The fourth-order valence-corrected chi connectivity index (χ4v) is 3.11. The van der Waals surface area contributed by atoms with Gasteiger partial charge in [-0.25, -0.2) is 0 Å². The quantitative estimate of drug-likeness (QED) is 0.894. The SMILES string of the molecule is CCc1ccc(C(C)N2CCCC(CC(=O)O)C2)cc1. The van der Waals surface area contributed by atoms with Crippen LogP contribution in [0.4, 0.5) is 0 Å². The molecule has 1 N–H and O–H groups in total. The molecule has 1 aliphatic heterocycles. The highest BCUT2D eigenvalue weighted by Crippen LogP contribution is 2.28. The van der Waals surface area contributed by atoms with Crippen LogP contribution in [-0.4, -0.2) is 29.1 Å². The van der Waals surface area contributed by atoms with E-state index in [-0.39, 0.29) is 0 Å². The summed E-state index contributed by atoms with van der Waals surface area (Å²) in [7, 11) is 0. The fraction of sp³-hybridized carbons (Fsp3) is 0.588. The van der Waals surface area contributed by atoms with Crippen molar-refractivity contribution < 1.29 is 9.90 Å². The molecule has 0 aromatic heterocycles. The Labute approximate surface area is 121 Å². The monoisotopic (exact) mass is 275 g/mol. The zero-order chi connectivity index (χ0) is 14.5. The van der Waals surface area contributed by atoms with E-state index in [2.05, 4.69) is 43.0 Å². The predicted molar refractivity (Wildman–Crippen MR) is 80.8 cm³/mol. The molecule has 1 aliphatic rings. The van der Waals surface area contributed by atoms with Gasteiger partial charge in [-0.2, -0.15) is 0 Å². The molecule has 0 amide bonds. The van der Waals surface area contributed by atoms with Gasteiger partial charge in [-0.1, -0.05) is 31.2 Å². The summed E-state index contributed by atoms with van der Waals surface area (Å²) in [5.41, 5.74) is 2.70. The van der Waals surface area contributed by atoms with Gasteiger partial charge in [-0.3, -0.25) is 9.69 Å². The zero-order valence-electron chi connectivity index (χ0n) is 12.5. The number of nitrogens with zero attached hydrogens (tertiary/aromatic N) is 1. The summed E-state index contributed by atoms with van der Waals surface area (Å²) in [4.78, 5) is 13.3. The van der Waals surface area contributed by atoms with Crippen LogP contribution in [0.5, 0.6) is 0 Å². The van der Waals surface area contributed by atoms with Crippen LogP contribution in [0.1, 0.15) is 50.3 Å². The minimum absolute atomic E-state index is 0.304. The van der Waals surface area contributed by atoms with Crippen molar-refractivity contribution in [2.24, 2.45) is 5.92 Å². The second-order valence-electron chi connectivity index (χ2n) is 5.87. The molecule has 0 radical (unpaired) electrons. The van der Waals surface area contributed by atoms with Crippen molar-refractivity contribution in [3.8, 4) is 0 Å². The molecule has 1 saturated heterocycles. The van der Waals surface area contributed by atoms with Gasteiger partial charge in [0.2, 0.25) is 0 Å². The van der Waals surface area contributed by atoms with Crippen molar-refractivity contribution in [2.75, 3.05) is 13.1 Å². The Morgan fingerprint density at radius 2 is 2.10 bits per heavy atom. The minimum Gasteiger partial charge on any atom is -0.481 e. The molecule has 110 valence electrons. The maximum Gasteiger partial charge on any atom is 0.303 e. The smallest absolute Gasteiger partial charge is 0.303 e. The highest BCUT2D eigenvalue weighted by Gasteiger charge is 2.25. The number of carbonyl (C=O) groups is 1. The summed E-state index contributed by atoms with van der Waals surface area (Å²) in [6, 6.07) is 9.20. The van der Waals surface area contributed by atoms with Crippen LogP contribution in [0, 0.1) is 5.92 Å². The number of aliphatic carboxylic acids is 1. The lowest BCUT2D eigenvalue weighted by Gasteiger charge is -2.36.